The molecule has 5 heteroatoms. The van der Waals surface area contributed by atoms with Crippen molar-refractivity contribution < 1.29 is 24.9 Å². The monoisotopic (exact) mass is 362 g/mol. The number of fused-ring (bicyclic) bond motifs is 3. The number of carboxylic acids is 1. The molecule has 5 nitrogen and oxygen atoms in total. The van der Waals surface area contributed by atoms with E-state index < -0.39 is 22.8 Å². The summed E-state index contributed by atoms with van der Waals surface area (Å²) >= 11 is 0. The van der Waals surface area contributed by atoms with Crippen molar-refractivity contribution in [3.63, 3.8) is 0 Å². The fraction of sp³-hybridized carbons (Fsp3) is 0.857. The number of aliphatic hydroxyl groups is 2. The van der Waals surface area contributed by atoms with Crippen molar-refractivity contribution in [2.75, 3.05) is 0 Å². The Kier molecular flexibility index (Phi) is 3.26. The number of aliphatic carboxylic acids is 1. The lowest BCUT2D eigenvalue weighted by Crippen LogP contribution is -2.62. The Morgan fingerprint density at radius 1 is 1.15 bits per heavy atom. The van der Waals surface area contributed by atoms with Gasteiger partial charge in [0.05, 0.1) is 11.7 Å². The standard InChI is InChI=1S/C21H30O5/c1-18-8-5-13(22)11-12(18)3-4-15-14(18)6-9-20(17(23)24)16-7-10-21(15,20)26-19(16,2)25/h3,13-16,22,25H,4-11H2,1-2H3,(H,23,24). The second kappa shape index (κ2) is 4.92. The van der Waals surface area contributed by atoms with Crippen LogP contribution in [0, 0.1) is 28.6 Å². The molecule has 144 valence electrons. The summed E-state index contributed by atoms with van der Waals surface area (Å²) in [7, 11) is 0. The second-order valence-corrected chi connectivity index (χ2v) is 9.94. The zero-order valence-corrected chi connectivity index (χ0v) is 15.7. The highest BCUT2D eigenvalue weighted by molar-refractivity contribution is 5.79. The van der Waals surface area contributed by atoms with Gasteiger partial charge < -0.3 is 20.1 Å². The highest BCUT2D eigenvalue weighted by atomic mass is 16.7. The summed E-state index contributed by atoms with van der Waals surface area (Å²) < 4.78 is 6.32. The highest BCUT2D eigenvalue weighted by Crippen LogP contribution is 2.74. The first kappa shape index (κ1) is 17.2. The number of allylic oxidation sites excluding steroid dienone is 1. The van der Waals surface area contributed by atoms with Gasteiger partial charge in [0.2, 0.25) is 0 Å². The molecule has 26 heavy (non-hydrogen) atoms. The average Bonchev–Trinajstić information content (AvgIpc) is 3.01. The first-order valence-electron chi connectivity index (χ1n) is 10.2. The van der Waals surface area contributed by atoms with E-state index in [0.717, 1.165) is 44.9 Å². The molecule has 0 aromatic rings. The maximum absolute atomic E-state index is 12.5. The molecule has 3 saturated carbocycles. The third-order valence-corrected chi connectivity index (χ3v) is 9.13. The van der Waals surface area contributed by atoms with Gasteiger partial charge in [0.1, 0.15) is 5.41 Å². The third kappa shape index (κ3) is 1.71. The predicted octanol–water partition coefficient (Wildman–Crippen LogP) is 2.85. The van der Waals surface area contributed by atoms with Crippen LogP contribution >= 0.6 is 0 Å². The molecule has 4 aliphatic carbocycles. The van der Waals surface area contributed by atoms with Gasteiger partial charge in [0.25, 0.3) is 0 Å². The summed E-state index contributed by atoms with van der Waals surface area (Å²) in [5, 5.41) is 31.3. The number of hydrogen-bond donors (Lipinski definition) is 3. The Labute approximate surface area is 154 Å². The van der Waals surface area contributed by atoms with Gasteiger partial charge >= 0.3 is 5.97 Å². The summed E-state index contributed by atoms with van der Waals surface area (Å²) in [6.45, 7) is 3.98. The number of aliphatic hydroxyl groups excluding tert-OH is 1. The van der Waals surface area contributed by atoms with Crippen LogP contribution in [0.3, 0.4) is 0 Å². The van der Waals surface area contributed by atoms with E-state index in [2.05, 4.69) is 13.0 Å². The molecule has 4 fully saturated rings. The molecule has 8 unspecified atom stereocenters. The summed E-state index contributed by atoms with van der Waals surface area (Å²) in [4.78, 5) is 12.5. The van der Waals surface area contributed by atoms with Crippen molar-refractivity contribution >= 4 is 5.97 Å². The lowest BCUT2D eigenvalue weighted by atomic mass is 9.46. The Morgan fingerprint density at radius 2 is 1.92 bits per heavy atom. The van der Waals surface area contributed by atoms with Crippen LogP contribution in [-0.2, 0) is 9.53 Å². The molecule has 0 radical (unpaired) electrons. The Bertz CT molecular complexity index is 699. The number of carbonyl (C=O) groups is 1. The van der Waals surface area contributed by atoms with Crippen molar-refractivity contribution in [1.29, 1.82) is 0 Å². The van der Waals surface area contributed by atoms with Crippen LogP contribution in [0.1, 0.15) is 65.2 Å². The minimum Gasteiger partial charge on any atom is -0.481 e. The van der Waals surface area contributed by atoms with Crippen LogP contribution in [0.5, 0.6) is 0 Å². The average molecular weight is 362 g/mol. The molecule has 0 spiro atoms. The maximum Gasteiger partial charge on any atom is 0.313 e. The lowest BCUT2D eigenvalue weighted by molar-refractivity contribution is -0.274. The van der Waals surface area contributed by atoms with E-state index in [-0.39, 0.29) is 23.4 Å². The first-order chi connectivity index (χ1) is 12.2. The van der Waals surface area contributed by atoms with Gasteiger partial charge in [0.15, 0.2) is 5.79 Å². The van der Waals surface area contributed by atoms with Crippen LogP contribution in [0.15, 0.2) is 11.6 Å². The molecule has 2 bridgehead atoms. The van der Waals surface area contributed by atoms with Crippen molar-refractivity contribution in [3.8, 4) is 0 Å². The van der Waals surface area contributed by atoms with Gasteiger partial charge in [-0.2, -0.15) is 0 Å². The zero-order valence-electron chi connectivity index (χ0n) is 15.7. The van der Waals surface area contributed by atoms with Crippen LogP contribution in [0.2, 0.25) is 0 Å². The number of carboxylic acid groups (broad SMARTS) is 1. The van der Waals surface area contributed by atoms with Gasteiger partial charge in [-0.05, 0) is 75.5 Å². The maximum atomic E-state index is 12.5. The molecule has 1 aliphatic heterocycles. The Hall–Kier alpha value is -0.910. The molecule has 1 saturated heterocycles. The fourth-order valence-electron chi connectivity index (χ4n) is 8.10. The van der Waals surface area contributed by atoms with Crippen molar-refractivity contribution in [1.82, 2.24) is 0 Å². The summed E-state index contributed by atoms with van der Waals surface area (Å²) in [6, 6.07) is 0. The normalized spacial score (nSPS) is 57.8. The van der Waals surface area contributed by atoms with E-state index in [0.29, 0.717) is 12.3 Å². The van der Waals surface area contributed by atoms with Crippen molar-refractivity contribution in [3.05, 3.63) is 11.6 Å². The Morgan fingerprint density at radius 3 is 2.62 bits per heavy atom. The number of rotatable bonds is 1. The van der Waals surface area contributed by atoms with Crippen molar-refractivity contribution in [2.24, 2.45) is 28.6 Å². The number of ether oxygens (including phenoxy) is 1. The van der Waals surface area contributed by atoms with Crippen LogP contribution in [0.25, 0.3) is 0 Å². The van der Waals surface area contributed by atoms with E-state index in [9.17, 15) is 20.1 Å². The predicted molar refractivity (Wildman–Crippen MR) is 94.1 cm³/mol. The number of hydrogen-bond acceptors (Lipinski definition) is 4. The molecule has 0 amide bonds. The third-order valence-electron chi connectivity index (χ3n) is 9.13. The largest absolute Gasteiger partial charge is 0.481 e. The second-order valence-electron chi connectivity index (χ2n) is 9.94. The summed E-state index contributed by atoms with van der Waals surface area (Å²) in [6.07, 6.45) is 8.28. The molecule has 5 rings (SSSR count). The first-order valence-corrected chi connectivity index (χ1v) is 10.2. The van der Waals surface area contributed by atoms with Gasteiger partial charge in [0, 0.05) is 5.92 Å². The molecule has 5 aliphatic rings. The smallest absolute Gasteiger partial charge is 0.313 e. The van der Waals surface area contributed by atoms with Gasteiger partial charge in [-0.15, -0.1) is 0 Å². The van der Waals surface area contributed by atoms with Crippen LogP contribution in [0.4, 0.5) is 0 Å². The van der Waals surface area contributed by atoms with E-state index in [1.165, 1.54) is 5.57 Å². The van der Waals surface area contributed by atoms with E-state index in [1.807, 2.05) is 0 Å². The van der Waals surface area contributed by atoms with E-state index in [4.69, 9.17) is 4.74 Å². The van der Waals surface area contributed by atoms with Crippen LogP contribution < -0.4 is 0 Å². The lowest BCUT2D eigenvalue weighted by Gasteiger charge is -2.59. The SMILES string of the molecule is CC1(O)OC23CCC1C2(C(=O)O)CCC1C3CC=C2CC(O)CCC21C. The Balaban J connectivity index is 1.63. The van der Waals surface area contributed by atoms with Gasteiger partial charge in [-0.25, -0.2) is 0 Å². The minimum atomic E-state index is -1.35. The van der Waals surface area contributed by atoms with Crippen LogP contribution in [-0.4, -0.2) is 38.8 Å². The molecule has 1 heterocycles. The molecule has 0 aromatic heterocycles. The minimum absolute atomic E-state index is 0.0253. The quantitative estimate of drug-likeness (QED) is 0.625. The van der Waals surface area contributed by atoms with Gasteiger partial charge in [-0.1, -0.05) is 18.6 Å². The topological polar surface area (TPSA) is 87.0 Å². The van der Waals surface area contributed by atoms with Gasteiger partial charge in [-0.3, -0.25) is 4.79 Å². The summed E-state index contributed by atoms with van der Waals surface area (Å²) in [5.74, 6) is -1.94. The molecule has 8 atom stereocenters. The summed E-state index contributed by atoms with van der Waals surface area (Å²) in [5.41, 5.74) is -0.321. The van der Waals surface area contributed by atoms with E-state index in [1.54, 1.807) is 6.92 Å². The molecule has 0 aromatic carbocycles. The molecular weight excluding hydrogens is 332 g/mol. The van der Waals surface area contributed by atoms with Crippen molar-refractivity contribution in [2.45, 2.75) is 82.7 Å². The molecule has 3 N–H and O–H groups in total. The van der Waals surface area contributed by atoms with E-state index >= 15 is 0 Å². The fourth-order valence-corrected chi connectivity index (χ4v) is 8.10. The highest BCUT2D eigenvalue weighted by Gasteiger charge is 2.80. The molecular formula is C21H30O5. The zero-order chi connectivity index (χ0) is 18.5.